The summed E-state index contributed by atoms with van der Waals surface area (Å²) in [5.41, 5.74) is 6.00. The van der Waals surface area contributed by atoms with Crippen molar-refractivity contribution >= 4 is 17.7 Å². The average molecular weight is 300 g/mol. The Morgan fingerprint density at radius 3 is 2.80 bits per heavy atom. The van der Waals surface area contributed by atoms with Gasteiger partial charge in [0.25, 0.3) is 11.7 Å². The molecule has 0 aromatic heterocycles. The van der Waals surface area contributed by atoms with Crippen molar-refractivity contribution in [2.75, 3.05) is 19.6 Å². The van der Waals surface area contributed by atoms with E-state index in [4.69, 9.17) is 5.73 Å². The molecular formula is C14H18F2N2OS. The van der Waals surface area contributed by atoms with Gasteiger partial charge in [0, 0.05) is 18.0 Å². The SMILES string of the molecule is CC1(CN)CCN(C(=O)c2ccccc2SC(F)F)C1. The minimum absolute atomic E-state index is 0.0690. The number of likely N-dealkylation sites (tertiary alicyclic amines) is 1. The lowest BCUT2D eigenvalue weighted by atomic mass is 9.90. The Hall–Kier alpha value is -1.14. The number of thioether (sulfide) groups is 1. The van der Waals surface area contributed by atoms with Crippen LogP contribution in [0.3, 0.4) is 0 Å². The number of hydrogen-bond donors (Lipinski definition) is 1. The molecule has 1 heterocycles. The van der Waals surface area contributed by atoms with Gasteiger partial charge < -0.3 is 10.6 Å². The van der Waals surface area contributed by atoms with Crippen molar-refractivity contribution in [2.45, 2.75) is 24.0 Å². The predicted octanol–water partition coefficient (Wildman–Crippen LogP) is 2.81. The molecule has 110 valence electrons. The van der Waals surface area contributed by atoms with Gasteiger partial charge in [-0.2, -0.15) is 8.78 Å². The van der Waals surface area contributed by atoms with Crippen LogP contribution in [0.25, 0.3) is 0 Å². The topological polar surface area (TPSA) is 46.3 Å². The summed E-state index contributed by atoms with van der Waals surface area (Å²) in [6.45, 7) is 3.76. The summed E-state index contributed by atoms with van der Waals surface area (Å²) in [6, 6.07) is 6.52. The first kappa shape index (κ1) is 15.3. The molecule has 0 bridgehead atoms. The van der Waals surface area contributed by atoms with E-state index in [0.29, 0.717) is 41.9 Å². The fourth-order valence-electron chi connectivity index (χ4n) is 2.38. The Kier molecular flexibility index (Phi) is 4.65. The summed E-state index contributed by atoms with van der Waals surface area (Å²) in [6.07, 6.45) is 0.847. The van der Waals surface area contributed by atoms with Gasteiger partial charge in [-0.05, 0) is 30.5 Å². The Labute approximate surface area is 121 Å². The largest absolute Gasteiger partial charge is 0.338 e. The van der Waals surface area contributed by atoms with Gasteiger partial charge in [-0.1, -0.05) is 30.8 Å². The highest BCUT2D eigenvalue weighted by Gasteiger charge is 2.35. The summed E-state index contributed by atoms with van der Waals surface area (Å²) in [5.74, 6) is -2.72. The van der Waals surface area contributed by atoms with Gasteiger partial charge in [0.2, 0.25) is 0 Å². The first-order valence-electron chi connectivity index (χ1n) is 6.48. The molecule has 1 fully saturated rings. The fraction of sp³-hybridized carbons (Fsp3) is 0.500. The van der Waals surface area contributed by atoms with Crippen LogP contribution >= 0.6 is 11.8 Å². The van der Waals surface area contributed by atoms with Crippen molar-refractivity contribution in [3.63, 3.8) is 0 Å². The number of carbonyl (C=O) groups is 1. The van der Waals surface area contributed by atoms with E-state index < -0.39 is 5.76 Å². The Bertz CT molecular complexity index is 498. The van der Waals surface area contributed by atoms with Crippen LogP contribution in [0.15, 0.2) is 29.2 Å². The first-order valence-corrected chi connectivity index (χ1v) is 7.36. The molecule has 1 aliphatic rings. The molecule has 1 amide bonds. The molecule has 2 rings (SSSR count). The van der Waals surface area contributed by atoms with Crippen molar-refractivity contribution in [1.82, 2.24) is 4.90 Å². The molecule has 1 aromatic carbocycles. The van der Waals surface area contributed by atoms with E-state index in [-0.39, 0.29) is 11.3 Å². The highest BCUT2D eigenvalue weighted by Crippen LogP contribution is 2.33. The second-order valence-electron chi connectivity index (χ2n) is 5.37. The molecule has 1 atom stereocenters. The molecule has 20 heavy (non-hydrogen) atoms. The highest BCUT2D eigenvalue weighted by molar-refractivity contribution is 7.99. The van der Waals surface area contributed by atoms with Crippen LogP contribution in [0.2, 0.25) is 0 Å². The number of hydrogen-bond acceptors (Lipinski definition) is 3. The summed E-state index contributed by atoms with van der Waals surface area (Å²) >= 11 is 0.412. The molecule has 2 N–H and O–H groups in total. The van der Waals surface area contributed by atoms with Crippen molar-refractivity contribution in [1.29, 1.82) is 0 Å². The molecule has 1 saturated heterocycles. The number of alkyl halides is 2. The van der Waals surface area contributed by atoms with Crippen molar-refractivity contribution < 1.29 is 13.6 Å². The molecule has 0 spiro atoms. The number of carbonyl (C=O) groups excluding carboxylic acids is 1. The molecule has 1 aliphatic heterocycles. The molecular weight excluding hydrogens is 282 g/mol. The lowest BCUT2D eigenvalue weighted by Crippen LogP contribution is -2.34. The third-order valence-electron chi connectivity index (χ3n) is 3.67. The molecule has 6 heteroatoms. The second kappa shape index (κ2) is 6.10. The number of rotatable bonds is 4. The number of nitrogens with two attached hydrogens (primary N) is 1. The average Bonchev–Trinajstić information content (AvgIpc) is 2.81. The second-order valence-corrected chi connectivity index (χ2v) is 6.40. The quantitative estimate of drug-likeness (QED) is 0.870. The van der Waals surface area contributed by atoms with Crippen LogP contribution in [0.1, 0.15) is 23.7 Å². The van der Waals surface area contributed by atoms with E-state index in [1.165, 1.54) is 0 Å². The molecule has 1 aromatic rings. The zero-order valence-electron chi connectivity index (χ0n) is 11.3. The zero-order valence-corrected chi connectivity index (χ0v) is 12.1. The maximum absolute atomic E-state index is 12.5. The Morgan fingerprint density at radius 2 is 2.20 bits per heavy atom. The number of benzene rings is 1. The summed E-state index contributed by atoms with van der Waals surface area (Å²) in [5, 5.41) is 0. The van der Waals surface area contributed by atoms with Gasteiger partial charge in [0.1, 0.15) is 0 Å². The van der Waals surface area contributed by atoms with Gasteiger partial charge in [-0.15, -0.1) is 0 Å². The summed E-state index contributed by atoms with van der Waals surface area (Å²) in [7, 11) is 0. The maximum atomic E-state index is 12.5. The lowest BCUT2D eigenvalue weighted by molar-refractivity contribution is 0.0773. The number of amides is 1. The zero-order chi connectivity index (χ0) is 14.8. The number of nitrogens with zero attached hydrogens (tertiary/aromatic N) is 1. The van der Waals surface area contributed by atoms with Gasteiger partial charge >= 0.3 is 0 Å². The van der Waals surface area contributed by atoms with Gasteiger partial charge in [0.05, 0.1) is 5.56 Å². The van der Waals surface area contributed by atoms with Crippen LogP contribution in [0, 0.1) is 5.41 Å². The van der Waals surface area contributed by atoms with Crippen LogP contribution in [-0.4, -0.2) is 36.2 Å². The van der Waals surface area contributed by atoms with E-state index in [9.17, 15) is 13.6 Å². The third kappa shape index (κ3) is 3.30. The van der Waals surface area contributed by atoms with Gasteiger partial charge in [-0.3, -0.25) is 4.79 Å². The monoisotopic (exact) mass is 300 g/mol. The van der Waals surface area contributed by atoms with E-state index in [1.54, 1.807) is 29.2 Å². The van der Waals surface area contributed by atoms with Gasteiger partial charge in [-0.25, -0.2) is 0 Å². The van der Waals surface area contributed by atoms with Crippen LogP contribution in [-0.2, 0) is 0 Å². The minimum atomic E-state index is -2.53. The predicted molar refractivity (Wildman–Crippen MR) is 76.0 cm³/mol. The van der Waals surface area contributed by atoms with Crippen molar-refractivity contribution in [3.8, 4) is 0 Å². The molecule has 0 saturated carbocycles. The maximum Gasteiger partial charge on any atom is 0.288 e. The van der Waals surface area contributed by atoms with Gasteiger partial charge in [0.15, 0.2) is 0 Å². The molecule has 3 nitrogen and oxygen atoms in total. The normalized spacial score (nSPS) is 22.6. The highest BCUT2D eigenvalue weighted by atomic mass is 32.2. The van der Waals surface area contributed by atoms with Crippen molar-refractivity contribution in [3.05, 3.63) is 29.8 Å². The van der Waals surface area contributed by atoms with E-state index >= 15 is 0 Å². The smallest absolute Gasteiger partial charge is 0.288 e. The minimum Gasteiger partial charge on any atom is -0.338 e. The van der Waals surface area contributed by atoms with Crippen LogP contribution in [0.5, 0.6) is 0 Å². The lowest BCUT2D eigenvalue weighted by Gasteiger charge is -2.23. The summed E-state index contributed by atoms with van der Waals surface area (Å²) < 4.78 is 25.1. The Morgan fingerprint density at radius 1 is 1.50 bits per heavy atom. The van der Waals surface area contributed by atoms with Crippen molar-refractivity contribution in [2.24, 2.45) is 11.1 Å². The third-order valence-corrected chi connectivity index (χ3v) is 4.46. The molecule has 0 radical (unpaired) electrons. The first-order chi connectivity index (χ1) is 9.45. The molecule has 1 unspecified atom stereocenters. The molecule has 0 aliphatic carbocycles. The fourth-order valence-corrected chi connectivity index (χ4v) is 3.01. The summed E-state index contributed by atoms with van der Waals surface area (Å²) in [4.78, 5) is 14.5. The van der Waals surface area contributed by atoms with E-state index in [1.807, 2.05) is 6.92 Å². The Balaban J connectivity index is 2.18. The van der Waals surface area contributed by atoms with E-state index in [2.05, 4.69) is 0 Å². The number of halogens is 2. The van der Waals surface area contributed by atoms with E-state index in [0.717, 1.165) is 6.42 Å². The standard InChI is InChI=1S/C14H18F2N2OS/c1-14(8-17)6-7-18(9-14)12(19)10-4-2-3-5-11(10)20-13(15)16/h2-5,13H,6-9,17H2,1H3. The van der Waals surface area contributed by atoms with Crippen LogP contribution < -0.4 is 5.73 Å². The van der Waals surface area contributed by atoms with Crippen LogP contribution in [0.4, 0.5) is 8.78 Å².